The number of nitrogens with one attached hydrogen (secondary N) is 2. The number of hydrogen-bond acceptors (Lipinski definition) is 6. The normalized spacial score (nSPS) is 12.2. The first-order chi connectivity index (χ1) is 9.97. The van der Waals surface area contributed by atoms with Gasteiger partial charge in [0, 0.05) is 0 Å². The van der Waals surface area contributed by atoms with E-state index < -0.39 is 29.3 Å². The van der Waals surface area contributed by atoms with Gasteiger partial charge in [0.2, 0.25) is 11.0 Å². The SMILES string of the molecule is C[C@H](NC(=O)c1ccco1)C(=O)Nc1nnc(C(F)F)s1. The highest BCUT2D eigenvalue weighted by Gasteiger charge is 2.20. The van der Waals surface area contributed by atoms with Crippen molar-refractivity contribution < 1.29 is 22.8 Å². The fourth-order valence-electron chi connectivity index (χ4n) is 1.33. The number of carbonyl (C=O) groups is 2. The van der Waals surface area contributed by atoms with Crippen LogP contribution in [-0.4, -0.2) is 28.1 Å². The van der Waals surface area contributed by atoms with Crippen LogP contribution in [0.25, 0.3) is 0 Å². The summed E-state index contributed by atoms with van der Waals surface area (Å²) in [5, 5.41) is 10.8. The van der Waals surface area contributed by atoms with Crippen LogP contribution in [0.4, 0.5) is 13.9 Å². The molecule has 7 nitrogen and oxygen atoms in total. The number of rotatable bonds is 5. The zero-order valence-electron chi connectivity index (χ0n) is 10.7. The number of furan rings is 1. The first-order valence-electron chi connectivity index (χ1n) is 5.74. The van der Waals surface area contributed by atoms with E-state index in [4.69, 9.17) is 4.42 Å². The van der Waals surface area contributed by atoms with Crippen molar-refractivity contribution in [3.8, 4) is 0 Å². The summed E-state index contributed by atoms with van der Waals surface area (Å²) in [5.74, 6) is -1.11. The molecule has 0 fully saturated rings. The number of anilines is 1. The molecular weight excluding hydrogens is 306 g/mol. The van der Waals surface area contributed by atoms with Crippen LogP contribution in [-0.2, 0) is 4.79 Å². The Labute approximate surface area is 121 Å². The smallest absolute Gasteiger partial charge is 0.291 e. The molecule has 0 saturated carbocycles. The fourth-order valence-corrected chi connectivity index (χ4v) is 1.93. The van der Waals surface area contributed by atoms with Crippen LogP contribution in [0.1, 0.15) is 28.9 Å². The lowest BCUT2D eigenvalue weighted by Crippen LogP contribution is -2.41. The Bertz CT molecular complexity index is 629. The van der Waals surface area contributed by atoms with Crippen LogP contribution >= 0.6 is 11.3 Å². The number of carbonyl (C=O) groups excluding carboxylic acids is 2. The van der Waals surface area contributed by atoms with Crippen molar-refractivity contribution >= 4 is 28.3 Å². The summed E-state index contributed by atoms with van der Waals surface area (Å²) < 4.78 is 29.5. The summed E-state index contributed by atoms with van der Waals surface area (Å²) in [6.07, 6.45) is -1.42. The highest BCUT2D eigenvalue weighted by molar-refractivity contribution is 7.15. The Kier molecular flexibility index (Phi) is 4.58. The van der Waals surface area contributed by atoms with Gasteiger partial charge in [-0.05, 0) is 19.1 Å². The van der Waals surface area contributed by atoms with Gasteiger partial charge < -0.3 is 9.73 Å². The van der Waals surface area contributed by atoms with Gasteiger partial charge >= 0.3 is 0 Å². The van der Waals surface area contributed by atoms with Gasteiger partial charge in [-0.15, -0.1) is 10.2 Å². The summed E-state index contributed by atoms with van der Waals surface area (Å²) in [6, 6.07) is 2.08. The first kappa shape index (κ1) is 15.0. The quantitative estimate of drug-likeness (QED) is 0.877. The molecule has 2 heterocycles. The molecule has 0 saturated heterocycles. The van der Waals surface area contributed by atoms with E-state index in [0.717, 1.165) is 0 Å². The summed E-state index contributed by atoms with van der Waals surface area (Å²) in [7, 11) is 0. The minimum absolute atomic E-state index is 0.0607. The van der Waals surface area contributed by atoms with Crippen molar-refractivity contribution in [1.82, 2.24) is 15.5 Å². The van der Waals surface area contributed by atoms with E-state index in [-0.39, 0.29) is 10.9 Å². The van der Waals surface area contributed by atoms with Crippen LogP contribution in [0.2, 0.25) is 0 Å². The zero-order chi connectivity index (χ0) is 15.4. The molecule has 0 aliphatic heterocycles. The minimum Gasteiger partial charge on any atom is -0.459 e. The number of amides is 2. The molecular formula is C11H10F2N4O3S. The number of nitrogens with zero attached hydrogens (tertiary/aromatic N) is 2. The van der Waals surface area contributed by atoms with Crippen molar-refractivity contribution in [2.45, 2.75) is 19.4 Å². The van der Waals surface area contributed by atoms with Gasteiger partial charge in [0.05, 0.1) is 6.26 Å². The molecule has 0 unspecified atom stereocenters. The van der Waals surface area contributed by atoms with E-state index in [0.29, 0.717) is 11.3 Å². The molecule has 112 valence electrons. The molecule has 2 N–H and O–H groups in total. The predicted octanol–water partition coefficient (Wildman–Crippen LogP) is 1.83. The van der Waals surface area contributed by atoms with Crippen LogP contribution < -0.4 is 10.6 Å². The van der Waals surface area contributed by atoms with E-state index in [9.17, 15) is 18.4 Å². The third-order valence-corrected chi connectivity index (χ3v) is 3.19. The molecule has 0 aliphatic carbocycles. The highest BCUT2D eigenvalue weighted by Crippen LogP contribution is 2.25. The van der Waals surface area contributed by atoms with Crippen molar-refractivity contribution in [1.29, 1.82) is 0 Å². The third kappa shape index (κ3) is 3.81. The summed E-state index contributed by atoms with van der Waals surface area (Å²) in [4.78, 5) is 23.4. The Balaban J connectivity index is 1.91. The van der Waals surface area contributed by atoms with E-state index >= 15 is 0 Å². The van der Waals surface area contributed by atoms with Gasteiger partial charge in [0.25, 0.3) is 12.3 Å². The lowest BCUT2D eigenvalue weighted by Gasteiger charge is -2.11. The number of aromatic nitrogens is 2. The van der Waals surface area contributed by atoms with Crippen molar-refractivity contribution in [3.05, 3.63) is 29.2 Å². The Hall–Kier alpha value is -2.36. The third-order valence-electron chi connectivity index (χ3n) is 2.34. The molecule has 0 spiro atoms. The van der Waals surface area contributed by atoms with Crippen molar-refractivity contribution in [3.63, 3.8) is 0 Å². The van der Waals surface area contributed by atoms with Crippen LogP contribution in [0.3, 0.4) is 0 Å². The van der Waals surface area contributed by atoms with Crippen LogP contribution in [0, 0.1) is 0 Å². The second kappa shape index (κ2) is 6.39. The molecule has 0 aromatic carbocycles. The van der Waals surface area contributed by atoms with E-state index in [1.807, 2.05) is 0 Å². The van der Waals surface area contributed by atoms with Gasteiger partial charge in [-0.25, -0.2) is 8.78 Å². The van der Waals surface area contributed by atoms with Crippen LogP contribution in [0.15, 0.2) is 22.8 Å². The molecule has 10 heteroatoms. The Morgan fingerprint density at radius 2 is 2.14 bits per heavy atom. The summed E-state index contributed by atoms with van der Waals surface area (Å²) in [5.41, 5.74) is 0. The molecule has 2 aromatic heterocycles. The van der Waals surface area contributed by atoms with Gasteiger partial charge in [-0.2, -0.15) is 0 Å². The predicted molar refractivity (Wildman–Crippen MR) is 69.1 cm³/mol. The average molecular weight is 316 g/mol. The number of alkyl halides is 2. The standard InChI is InChI=1S/C11H10F2N4O3S/c1-5(14-9(19)6-3-2-4-20-6)8(18)15-11-17-16-10(21-11)7(12)13/h2-5,7H,1H3,(H,14,19)(H,15,17,18)/t5-/m0/s1. The maximum absolute atomic E-state index is 12.3. The molecule has 0 aliphatic rings. The maximum atomic E-state index is 12.3. The molecule has 2 amide bonds. The van der Waals surface area contributed by atoms with Crippen molar-refractivity contribution in [2.24, 2.45) is 0 Å². The second-order valence-electron chi connectivity index (χ2n) is 3.91. The van der Waals surface area contributed by atoms with Crippen LogP contribution in [0.5, 0.6) is 0 Å². The lowest BCUT2D eigenvalue weighted by molar-refractivity contribution is -0.117. The molecule has 0 radical (unpaired) electrons. The van der Waals surface area contributed by atoms with E-state index in [2.05, 4.69) is 20.8 Å². The first-order valence-corrected chi connectivity index (χ1v) is 6.56. The Morgan fingerprint density at radius 1 is 1.38 bits per heavy atom. The monoisotopic (exact) mass is 316 g/mol. The van der Waals surface area contributed by atoms with E-state index in [1.165, 1.54) is 25.3 Å². The number of halogens is 2. The van der Waals surface area contributed by atoms with Gasteiger partial charge in [0.1, 0.15) is 6.04 Å². The largest absolute Gasteiger partial charge is 0.459 e. The topological polar surface area (TPSA) is 97.1 Å². The molecule has 2 rings (SSSR count). The second-order valence-corrected chi connectivity index (χ2v) is 4.92. The molecule has 21 heavy (non-hydrogen) atoms. The van der Waals surface area contributed by atoms with Crippen molar-refractivity contribution in [2.75, 3.05) is 5.32 Å². The fraction of sp³-hybridized carbons (Fsp3) is 0.273. The zero-order valence-corrected chi connectivity index (χ0v) is 11.5. The van der Waals surface area contributed by atoms with E-state index in [1.54, 1.807) is 0 Å². The lowest BCUT2D eigenvalue weighted by atomic mass is 10.3. The Morgan fingerprint density at radius 3 is 2.71 bits per heavy atom. The summed E-state index contributed by atoms with van der Waals surface area (Å²) >= 11 is 0.568. The maximum Gasteiger partial charge on any atom is 0.291 e. The summed E-state index contributed by atoms with van der Waals surface area (Å²) in [6.45, 7) is 1.44. The number of hydrogen-bond donors (Lipinski definition) is 2. The molecule has 0 bridgehead atoms. The minimum atomic E-state index is -2.75. The average Bonchev–Trinajstić information content (AvgIpc) is 3.09. The van der Waals surface area contributed by atoms with Gasteiger partial charge in [-0.1, -0.05) is 11.3 Å². The highest BCUT2D eigenvalue weighted by atomic mass is 32.1. The van der Waals surface area contributed by atoms with Gasteiger partial charge in [-0.3, -0.25) is 14.9 Å². The van der Waals surface area contributed by atoms with Gasteiger partial charge in [0.15, 0.2) is 10.8 Å². The molecule has 2 aromatic rings. The molecule has 1 atom stereocenters.